The fourth-order valence-corrected chi connectivity index (χ4v) is 4.08. The van der Waals surface area contributed by atoms with Gasteiger partial charge in [0, 0.05) is 13.1 Å². The van der Waals surface area contributed by atoms with Crippen LogP contribution in [-0.2, 0) is 10.0 Å². The molecule has 1 aliphatic rings. The molecule has 18 heavy (non-hydrogen) atoms. The zero-order chi connectivity index (χ0) is 13.4. The second kappa shape index (κ2) is 8.12. The molecule has 5 heteroatoms. The lowest BCUT2D eigenvalue weighted by atomic mass is 10.0. The van der Waals surface area contributed by atoms with Crippen molar-refractivity contribution in [1.82, 2.24) is 9.62 Å². The molecular formula is C13H28N2O2S. The maximum atomic E-state index is 12.1. The molecule has 0 radical (unpaired) electrons. The van der Waals surface area contributed by atoms with Gasteiger partial charge < -0.3 is 5.32 Å². The van der Waals surface area contributed by atoms with E-state index in [1.807, 2.05) is 0 Å². The van der Waals surface area contributed by atoms with E-state index in [1.54, 1.807) is 4.31 Å². The second-order valence-electron chi connectivity index (χ2n) is 5.38. The van der Waals surface area contributed by atoms with E-state index in [1.165, 1.54) is 0 Å². The van der Waals surface area contributed by atoms with Crippen LogP contribution in [0.4, 0.5) is 0 Å². The van der Waals surface area contributed by atoms with Crippen LogP contribution in [0.3, 0.4) is 0 Å². The van der Waals surface area contributed by atoms with Crippen LogP contribution in [0, 0.1) is 5.92 Å². The monoisotopic (exact) mass is 276 g/mol. The first-order chi connectivity index (χ1) is 8.56. The van der Waals surface area contributed by atoms with Gasteiger partial charge in [0.15, 0.2) is 0 Å². The first-order valence-electron chi connectivity index (χ1n) is 7.25. The van der Waals surface area contributed by atoms with Crippen LogP contribution >= 0.6 is 0 Å². The first kappa shape index (κ1) is 15.9. The van der Waals surface area contributed by atoms with E-state index in [0.29, 0.717) is 11.7 Å². The molecule has 1 unspecified atom stereocenters. The molecule has 0 aromatic carbocycles. The minimum Gasteiger partial charge on any atom is -0.317 e. The van der Waals surface area contributed by atoms with Gasteiger partial charge in [0.2, 0.25) is 10.0 Å². The van der Waals surface area contributed by atoms with Gasteiger partial charge in [-0.05, 0) is 51.1 Å². The highest BCUT2D eigenvalue weighted by Crippen LogP contribution is 2.19. The van der Waals surface area contributed by atoms with E-state index in [-0.39, 0.29) is 0 Å². The van der Waals surface area contributed by atoms with Crippen LogP contribution in [0.25, 0.3) is 0 Å². The van der Waals surface area contributed by atoms with Gasteiger partial charge >= 0.3 is 0 Å². The standard InChI is InChI=1S/C13H28N2O2S/c1-3-8-14-9-4-5-11-18(16,17)15-10-6-7-13(2)12-15/h13-14H,3-12H2,1-2H3. The molecule has 0 aromatic heterocycles. The molecule has 1 aliphatic heterocycles. The van der Waals surface area contributed by atoms with Crippen LogP contribution in [0.15, 0.2) is 0 Å². The number of hydrogen-bond acceptors (Lipinski definition) is 3. The second-order valence-corrected chi connectivity index (χ2v) is 7.47. The summed E-state index contributed by atoms with van der Waals surface area (Å²) in [4.78, 5) is 0. The van der Waals surface area contributed by atoms with Crippen molar-refractivity contribution in [1.29, 1.82) is 0 Å². The number of nitrogens with one attached hydrogen (secondary N) is 1. The van der Waals surface area contributed by atoms with Crippen LogP contribution in [0.1, 0.15) is 46.0 Å². The molecular weight excluding hydrogens is 248 g/mol. The lowest BCUT2D eigenvalue weighted by molar-refractivity contribution is 0.281. The quantitative estimate of drug-likeness (QED) is 0.688. The van der Waals surface area contributed by atoms with Crippen molar-refractivity contribution < 1.29 is 8.42 Å². The molecule has 0 bridgehead atoms. The van der Waals surface area contributed by atoms with Crippen molar-refractivity contribution in [3.8, 4) is 0 Å². The highest BCUT2D eigenvalue weighted by Gasteiger charge is 2.26. The first-order valence-corrected chi connectivity index (χ1v) is 8.85. The molecule has 108 valence electrons. The molecule has 1 fully saturated rings. The van der Waals surface area contributed by atoms with Gasteiger partial charge in [0.25, 0.3) is 0 Å². The molecule has 0 aliphatic carbocycles. The van der Waals surface area contributed by atoms with Crippen molar-refractivity contribution in [2.75, 3.05) is 31.9 Å². The van der Waals surface area contributed by atoms with Crippen molar-refractivity contribution in [2.24, 2.45) is 5.92 Å². The highest BCUT2D eigenvalue weighted by molar-refractivity contribution is 7.89. The third-order valence-corrected chi connectivity index (χ3v) is 5.37. The maximum absolute atomic E-state index is 12.1. The zero-order valence-electron chi connectivity index (χ0n) is 11.8. The Kier molecular flexibility index (Phi) is 7.19. The van der Waals surface area contributed by atoms with Gasteiger partial charge in [-0.3, -0.25) is 0 Å². The maximum Gasteiger partial charge on any atom is 0.214 e. The lowest BCUT2D eigenvalue weighted by Gasteiger charge is -2.30. The van der Waals surface area contributed by atoms with Gasteiger partial charge in [-0.15, -0.1) is 0 Å². The predicted molar refractivity (Wildman–Crippen MR) is 76.2 cm³/mol. The SMILES string of the molecule is CCCNCCCCS(=O)(=O)N1CCCC(C)C1. The summed E-state index contributed by atoms with van der Waals surface area (Å²) in [5.41, 5.74) is 0. The van der Waals surface area contributed by atoms with E-state index >= 15 is 0 Å². The number of sulfonamides is 1. The molecule has 1 atom stereocenters. The fourth-order valence-electron chi connectivity index (χ4n) is 2.36. The van der Waals surface area contributed by atoms with Crippen LogP contribution in [0.2, 0.25) is 0 Å². The molecule has 1 saturated heterocycles. The Hall–Kier alpha value is -0.130. The Morgan fingerprint density at radius 2 is 2.06 bits per heavy atom. The Bertz CT molecular complexity index is 317. The number of nitrogens with zero attached hydrogens (tertiary/aromatic N) is 1. The number of rotatable bonds is 8. The van der Waals surface area contributed by atoms with E-state index in [4.69, 9.17) is 0 Å². The Labute approximate surface area is 112 Å². The number of hydrogen-bond donors (Lipinski definition) is 1. The summed E-state index contributed by atoms with van der Waals surface area (Å²) in [5.74, 6) is 0.827. The van der Waals surface area contributed by atoms with Gasteiger partial charge in [-0.2, -0.15) is 0 Å². The van der Waals surface area contributed by atoms with Gasteiger partial charge in [-0.25, -0.2) is 12.7 Å². The van der Waals surface area contributed by atoms with Crippen molar-refractivity contribution >= 4 is 10.0 Å². The van der Waals surface area contributed by atoms with Gasteiger partial charge in [0.1, 0.15) is 0 Å². The summed E-state index contributed by atoms with van der Waals surface area (Å²) in [6.45, 7) is 7.67. The van der Waals surface area contributed by atoms with E-state index in [0.717, 1.165) is 58.3 Å². The third kappa shape index (κ3) is 5.67. The van der Waals surface area contributed by atoms with E-state index in [2.05, 4.69) is 19.2 Å². The predicted octanol–water partition coefficient (Wildman–Crippen LogP) is 1.83. The summed E-state index contributed by atoms with van der Waals surface area (Å²) in [6.07, 6.45) is 5.02. The summed E-state index contributed by atoms with van der Waals surface area (Å²) < 4.78 is 25.9. The van der Waals surface area contributed by atoms with Gasteiger partial charge in [0.05, 0.1) is 5.75 Å². The van der Waals surface area contributed by atoms with E-state index in [9.17, 15) is 8.42 Å². The van der Waals surface area contributed by atoms with Gasteiger partial charge in [-0.1, -0.05) is 13.8 Å². The van der Waals surface area contributed by atoms with Crippen LogP contribution in [0.5, 0.6) is 0 Å². The van der Waals surface area contributed by atoms with Crippen molar-refractivity contribution in [3.05, 3.63) is 0 Å². The lowest BCUT2D eigenvalue weighted by Crippen LogP contribution is -2.40. The summed E-state index contributed by atoms with van der Waals surface area (Å²) >= 11 is 0. The molecule has 0 amide bonds. The summed E-state index contributed by atoms with van der Waals surface area (Å²) in [5, 5.41) is 3.30. The Balaban J connectivity index is 2.22. The van der Waals surface area contributed by atoms with Crippen molar-refractivity contribution in [3.63, 3.8) is 0 Å². The highest BCUT2D eigenvalue weighted by atomic mass is 32.2. The molecule has 1 heterocycles. The zero-order valence-corrected chi connectivity index (χ0v) is 12.6. The minimum atomic E-state index is -3.00. The number of piperidine rings is 1. The average Bonchev–Trinajstić information content (AvgIpc) is 2.33. The topological polar surface area (TPSA) is 49.4 Å². The molecule has 1 rings (SSSR count). The Morgan fingerprint density at radius 1 is 1.28 bits per heavy atom. The molecule has 0 saturated carbocycles. The third-order valence-electron chi connectivity index (χ3n) is 3.45. The summed E-state index contributed by atoms with van der Waals surface area (Å²) in [7, 11) is -3.00. The molecule has 0 aromatic rings. The van der Waals surface area contributed by atoms with Crippen molar-refractivity contribution in [2.45, 2.75) is 46.0 Å². The molecule has 1 N–H and O–H groups in total. The molecule has 4 nitrogen and oxygen atoms in total. The minimum absolute atomic E-state index is 0.313. The molecule has 0 spiro atoms. The fraction of sp³-hybridized carbons (Fsp3) is 1.00. The Morgan fingerprint density at radius 3 is 2.72 bits per heavy atom. The van der Waals surface area contributed by atoms with Crippen LogP contribution in [-0.4, -0.2) is 44.7 Å². The van der Waals surface area contributed by atoms with Crippen LogP contribution < -0.4 is 5.32 Å². The summed E-state index contributed by atoms with van der Waals surface area (Å²) in [6, 6.07) is 0. The largest absolute Gasteiger partial charge is 0.317 e. The average molecular weight is 276 g/mol. The smallest absolute Gasteiger partial charge is 0.214 e. The normalized spacial score (nSPS) is 22.2. The van der Waals surface area contributed by atoms with E-state index < -0.39 is 10.0 Å². The number of unbranched alkanes of at least 4 members (excludes halogenated alkanes) is 1.